The summed E-state index contributed by atoms with van der Waals surface area (Å²) in [6, 6.07) is 16.8. The van der Waals surface area contributed by atoms with Gasteiger partial charge in [0, 0.05) is 24.9 Å². The Morgan fingerprint density at radius 2 is 1.72 bits per heavy atom. The van der Waals surface area contributed by atoms with E-state index in [0.29, 0.717) is 6.54 Å². The fraction of sp³-hybridized carbons (Fsp3) is 0.227. The standard InChI is InChI=1S/C22H21N3O4/c26-21(27)20(10-13-25-12-5-11-23-25)24-22(28)29-14-19-17-8-3-1-6-15(17)16-7-2-4-9-18(16)19/h1-9,11-12,19-20H,10,13-14H2,(H,24,28)(H,26,27). The van der Waals surface area contributed by atoms with Crippen LogP contribution in [-0.4, -0.2) is 39.6 Å². The van der Waals surface area contributed by atoms with Crippen LogP contribution in [0.2, 0.25) is 0 Å². The van der Waals surface area contributed by atoms with Gasteiger partial charge in [-0.15, -0.1) is 0 Å². The Bertz CT molecular complexity index is 971. The molecule has 0 bridgehead atoms. The molecule has 3 aromatic rings. The highest BCUT2D eigenvalue weighted by Gasteiger charge is 2.29. The molecule has 1 aromatic heterocycles. The van der Waals surface area contributed by atoms with Gasteiger partial charge in [0.15, 0.2) is 0 Å². The van der Waals surface area contributed by atoms with E-state index in [-0.39, 0.29) is 18.9 Å². The van der Waals surface area contributed by atoms with Crippen LogP contribution in [0.3, 0.4) is 0 Å². The van der Waals surface area contributed by atoms with Crippen LogP contribution >= 0.6 is 0 Å². The lowest BCUT2D eigenvalue weighted by Gasteiger charge is -2.17. The first kappa shape index (κ1) is 18.7. The molecule has 1 aliphatic rings. The highest BCUT2D eigenvalue weighted by molar-refractivity contribution is 5.81. The van der Waals surface area contributed by atoms with Crippen molar-refractivity contribution in [2.75, 3.05) is 6.61 Å². The average Bonchev–Trinajstić information content (AvgIpc) is 3.35. The van der Waals surface area contributed by atoms with Gasteiger partial charge in [0.05, 0.1) is 0 Å². The van der Waals surface area contributed by atoms with Crippen LogP contribution in [0, 0.1) is 0 Å². The van der Waals surface area contributed by atoms with Crippen molar-refractivity contribution < 1.29 is 19.4 Å². The maximum Gasteiger partial charge on any atom is 0.407 e. The molecule has 29 heavy (non-hydrogen) atoms. The van der Waals surface area contributed by atoms with E-state index in [1.807, 2.05) is 36.4 Å². The molecular formula is C22H21N3O4. The summed E-state index contributed by atoms with van der Waals surface area (Å²) in [4.78, 5) is 23.8. The molecule has 2 N–H and O–H groups in total. The molecule has 0 saturated carbocycles. The third-order valence-corrected chi connectivity index (χ3v) is 5.14. The van der Waals surface area contributed by atoms with Crippen LogP contribution in [0.15, 0.2) is 67.0 Å². The van der Waals surface area contributed by atoms with Crippen molar-refractivity contribution in [1.82, 2.24) is 15.1 Å². The largest absolute Gasteiger partial charge is 0.480 e. The van der Waals surface area contributed by atoms with E-state index in [0.717, 1.165) is 22.3 Å². The number of nitrogens with one attached hydrogen (secondary N) is 1. The Morgan fingerprint density at radius 3 is 2.31 bits per heavy atom. The summed E-state index contributed by atoms with van der Waals surface area (Å²) in [5, 5.41) is 15.9. The lowest BCUT2D eigenvalue weighted by Crippen LogP contribution is -2.42. The molecule has 0 spiro atoms. The molecule has 1 atom stereocenters. The van der Waals surface area contributed by atoms with Crippen molar-refractivity contribution >= 4 is 12.1 Å². The first-order chi connectivity index (χ1) is 14.1. The monoisotopic (exact) mass is 391 g/mol. The molecule has 1 unspecified atom stereocenters. The number of carboxylic acid groups (broad SMARTS) is 1. The summed E-state index contributed by atoms with van der Waals surface area (Å²) >= 11 is 0. The number of aliphatic carboxylic acids is 1. The second kappa shape index (κ2) is 8.18. The van der Waals surface area contributed by atoms with Gasteiger partial charge >= 0.3 is 12.1 Å². The van der Waals surface area contributed by atoms with E-state index in [1.165, 1.54) is 0 Å². The van der Waals surface area contributed by atoms with Crippen molar-refractivity contribution in [1.29, 1.82) is 0 Å². The number of carbonyl (C=O) groups excluding carboxylic acids is 1. The second-order valence-electron chi connectivity index (χ2n) is 6.92. The SMILES string of the molecule is O=C(NC(CCn1cccn1)C(=O)O)OCC1c2ccccc2-c2ccccc21. The minimum atomic E-state index is -1.11. The number of amides is 1. The maximum atomic E-state index is 12.3. The molecule has 7 nitrogen and oxygen atoms in total. The molecule has 0 saturated heterocycles. The molecule has 7 heteroatoms. The predicted octanol–water partition coefficient (Wildman–Crippen LogP) is 3.27. The van der Waals surface area contributed by atoms with E-state index in [1.54, 1.807) is 23.1 Å². The van der Waals surface area contributed by atoms with Crippen LogP contribution in [0.25, 0.3) is 11.1 Å². The van der Waals surface area contributed by atoms with Gasteiger partial charge < -0.3 is 15.2 Å². The van der Waals surface area contributed by atoms with Gasteiger partial charge in [0.25, 0.3) is 0 Å². The minimum Gasteiger partial charge on any atom is -0.480 e. The van der Waals surface area contributed by atoms with Crippen molar-refractivity contribution in [2.45, 2.75) is 24.9 Å². The number of rotatable bonds is 7. The zero-order valence-electron chi connectivity index (χ0n) is 15.7. The molecule has 1 heterocycles. The van der Waals surface area contributed by atoms with E-state index in [9.17, 15) is 14.7 Å². The summed E-state index contributed by atoms with van der Waals surface area (Å²) in [6.07, 6.45) is 2.84. The van der Waals surface area contributed by atoms with E-state index in [4.69, 9.17) is 4.74 Å². The Balaban J connectivity index is 1.39. The number of hydrogen-bond donors (Lipinski definition) is 2. The predicted molar refractivity (Wildman–Crippen MR) is 106 cm³/mol. The number of nitrogens with zero attached hydrogens (tertiary/aromatic N) is 2. The lowest BCUT2D eigenvalue weighted by molar-refractivity contribution is -0.139. The van der Waals surface area contributed by atoms with E-state index in [2.05, 4.69) is 22.5 Å². The topological polar surface area (TPSA) is 93.5 Å². The van der Waals surface area contributed by atoms with Crippen molar-refractivity contribution in [2.24, 2.45) is 0 Å². The number of aryl methyl sites for hydroxylation is 1. The average molecular weight is 391 g/mol. The van der Waals surface area contributed by atoms with Crippen LogP contribution < -0.4 is 5.32 Å². The fourth-order valence-corrected chi connectivity index (χ4v) is 3.73. The van der Waals surface area contributed by atoms with Gasteiger partial charge in [-0.25, -0.2) is 9.59 Å². The van der Waals surface area contributed by atoms with Gasteiger partial charge in [-0.3, -0.25) is 4.68 Å². The molecular weight excluding hydrogens is 370 g/mol. The lowest BCUT2D eigenvalue weighted by atomic mass is 9.98. The van der Waals surface area contributed by atoms with Crippen molar-refractivity contribution in [3.8, 4) is 11.1 Å². The van der Waals surface area contributed by atoms with Gasteiger partial charge in [0.2, 0.25) is 0 Å². The summed E-state index contributed by atoms with van der Waals surface area (Å²) in [5.41, 5.74) is 4.49. The summed E-state index contributed by atoms with van der Waals surface area (Å²) < 4.78 is 7.04. The van der Waals surface area contributed by atoms with Crippen LogP contribution in [0.5, 0.6) is 0 Å². The molecule has 1 aliphatic carbocycles. The van der Waals surface area contributed by atoms with Crippen LogP contribution in [0.4, 0.5) is 4.79 Å². The Labute approximate surface area is 167 Å². The summed E-state index contributed by atoms with van der Waals surface area (Å²) in [7, 11) is 0. The number of hydrogen-bond acceptors (Lipinski definition) is 4. The number of benzene rings is 2. The maximum absolute atomic E-state index is 12.3. The van der Waals surface area contributed by atoms with Crippen molar-refractivity contribution in [3.63, 3.8) is 0 Å². The summed E-state index contributed by atoms with van der Waals surface area (Å²) in [5.74, 6) is -1.17. The summed E-state index contributed by atoms with van der Waals surface area (Å²) in [6.45, 7) is 0.527. The number of carboxylic acids is 1. The third kappa shape index (κ3) is 3.99. The zero-order chi connectivity index (χ0) is 20.2. The smallest absolute Gasteiger partial charge is 0.407 e. The van der Waals surface area contributed by atoms with Crippen LogP contribution in [-0.2, 0) is 16.1 Å². The molecule has 0 radical (unpaired) electrons. The third-order valence-electron chi connectivity index (χ3n) is 5.14. The Hall–Kier alpha value is -3.61. The zero-order valence-corrected chi connectivity index (χ0v) is 15.7. The molecule has 0 aliphatic heterocycles. The molecule has 2 aromatic carbocycles. The molecule has 4 rings (SSSR count). The highest BCUT2D eigenvalue weighted by Crippen LogP contribution is 2.44. The number of alkyl carbamates (subject to hydrolysis) is 1. The Kier molecular flexibility index (Phi) is 5.29. The molecule has 1 amide bonds. The number of ether oxygens (including phenoxy) is 1. The number of fused-ring (bicyclic) bond motifs is 3. The second-order valence-corrected chi connectivity index (χ2v) is 6.92. The molecule has 148 valence electrons. The highest BCUT2D eigenvalue weighted by atomic mass is 16.5. The van der Waals surface area contributed by atoms with E-state index >= 15 is 0 Å². The van der Waals surface area contributed by atoms with Crippen LogP contribution in [0.1, 0.15) is 23.5 Å². The fourth-order valence-electron chi connectivity index (χ4n) is 3.73. The minimum absolute atomic E-state index is 0.0690. The van der Waals surface area contributed by atoms with Gasteiger partial charge in [0.1, 0.15) is 12.6 Å². The first-order valence-corrected chi connectivity index (χ1v) is 9.45. The normalized spacial score (nSPS) is 13.4. The van der Waals surface area contributed by atoms with Gasteiger partial charge in [-0.2, -0.15) is 5.10 Å². The Morgan fingerprint density at radius 1 is 1.07 bits per heavy atom. The van der Waals surface area contributed by atoms with Crippen molar-refractivity contribution in [3.05, 3.63) is 78.1 Å². The van der Waals surface area contributed by atoms with Gasteiger partial charge in [-0.1, -0.05) is 48.5 Å². The first-order valence-electron chi connectivity index (χ1n) is 9.45. The molecule has 0 fully saturated rings. The number of carbonyl (C=O) groups is 2. The quantitative estimate of drug-likeness (QED) is 0.645. The number of aromatic nitrogens is 2. The van der Waals surface area contributed by atoms with E-state index < -0.39 is 18.1 Å². The van der Waals surface area contributed by atoms with Gasteiger partial charge in [-0.05, 0) is 34.7 Å².